The molecule has 2 rings (SSSR count). The van der Waals surface area contributed by atoms with E-state index in [-0.39, 0.29) is 11.8 Å². The van der Waals surface area contributed by atoms with Crippen molar-refractivity contribution in [3.05, 3.63) is 29.8 Å². The van der Waals surface area contributed by atoms with E-state index in [1.54, 1.807) is 18.2 Å². The van der Waals surface area contributed by atoms with E-state index < -0.39 is 12.2 Å². The summed E-state index contributed by atoms with van der Waals surface area (Å²) in [6.07, 6.45) is 3.67. The van der Waals surface area contributed by atoms with Gasteiger partial charge < -0.3 is 15.2 Å². The van der Waals surface area contributed by atoms with Gasteiger partial charge >= 0.3 is 6.61 Å². The molecule has 0 aromatic heterocycles. The molecule has 0 aliphatic heterocycles. The van der Waals surface area contributed by atoms with Gasteiger partial charge in [-0.1, -0.05) is 31.0 Å². The van der Waals surface area contributed by atoms with Crippen LogP contribution in [0.15, 0.2) is 24.3 Å². The van der Waals surface area contributed by atoms with Crippen molar-refractivity contribution in [2.24, 2.45) is 0 Å². The van der Waals surface area contributed by atoms with E-state index in [4.69, 9.17) is 0 Å². The van der Waals surface area contributed by atoms with Gasteiger partial charge in [-0.05, 0) is 25.8 Å². The van der Waals surface area contributed by atoms with Crippen molar-refractivity contribution in [1.82, 2.24) is 5.32 Å². The summed E-state index contributed by atoms with van der Waals surface area (Å²) in [5.74, 6) is 0.181. The zero-order valence-corrected chi connectivity index (χ0v) is 11.6. The molecule has 1 atom stereocenters. The SMILES string of the molecule is CC(NCC1(O)CCCC1)c1ccccc1OC(F)F. The molecule has 0 spiro atoms. The van der Waals surface area contributed by atoms with Gasteiger partial charge in [0.25, 0.3) is 0 Å². The Labute approximate surface area is 117 Å². The summed E-state index contributed by atoms with van der Waals surface area (Å²) in [4.78, 5) is 0. The largest absolute Gasteiger partial charge is 0.434 e. The summed E-state index contributed by atoms with van der Waals surface area (Å²) < 4.78 is 29.3. The van der Waals surface area contributed by atoms with Crippen molar-refractivity contribution < 1.29 is 18.6 Å². The first kappa shape index (κ1) is 15.2. The van der Waals surface area contributed by atoms with Gasteiger partial charge in [-0.25, -0.2) is 0 Å². The van der Waals surface area contributed by atoms with E-state index in [0.29, 0.717) is 12.1 Å². The number of alkyl halides is 2. The fraction of sp³-hybridized carbons (Fsp3) is 0.600. The number of nitrogens with one attached hydrogen (secondary N) is 1. The fourth-order valence-electron chi connectivity index (χ4n) is 2.70. The summed E-state index contributed by atoms with van der Waals surface area (Å²) >= 11 is 0. The Balaban J connectivity index is 1.99. The average Bonchev–Trinajstić information content (AvgIpc) is 2.83. The molecule has 2 N–H and O–H groups in total. The van der Waals surface area contributed by atoms with Crippen molar-refractivity contribution in [2.75, 3.05) is 6.54 Å². The van der Waals surface area contributed by atoms with Crippen LogP contribution in [-0.4, -0.2) is 23.9 Å². The van der Waals surface area contributed by atoms with Crippen molar-refractivity contribution in [2.45, 2.75) is 50.9 Å². The molecule has 112 valence electrons. The zero-order chi connectivity index (χ0) is 14.6. The number of ether oxygens (including phenoxy) is 1. The lowest BCUT2D eigenvalue weighted by Crippen LogP contribution is -2.39. The number of para-hydroxylation sites is 1. The Morgan fingerprint density at radius 2 is 1.95 bits per heavy atom. The molecule has 1 fully saturated rings. The van der Waals surface area contributed by atoms with Gasteiger partial charge in [-0.2, -0.15) is 8.78 Å². The van der Waals surface area contributed by atoms with Crippen LogP contribution >= 0.6 is 0 Å². The molecule has 3 nitrogen and oxygen atoms in total. The highest BCUT2D eigenvalue weighted by Crippen LogP contribution is 2.31. The molecule has 1 aliphatic carbocycles. The number of aliphatic hydroxyl groups is 1. The Hall–Kier alpha value is -1.20. The molecule has 0 saturated heterocycles. The van der Waals surface area contributed by atoms with E-state index in [9.17, 15) is 13.9 Å². The van der Waals surface area contributed by atoms with E-state index in [2.05, 4.69) is 10.1 Å². The Morgan fingerprint density at radius 3 is 2.60 bits per heavy atom. The van der Waals surface area contributed by atoms with Crippen LogP contribution in [0.1, 0.15) is 44.2 Å². The van der Waals surface area contributed by atoms with Gasteiger partial charge in [0.05, 0.1) is 5.60 Å². The molecule has 0 amide bonds. The van der Waals surface area contributed by atoms with Crippen LogP contribution in [0.25, 0.3) is 0 Å². The molecule has 1 aromatic carbocycles. The third-order valence-electron chi connectivity index (χ3n) is 3.87. The number of halogens is 2. The van der Waals surface area contributed by atoms with Crippen LogP contribution in [-0.2, 0) is 0 Å². The summed E-state index contributed by atoms with van der Waals surface area (Å²) in [5, 5.41) is 13.5. The second-order valence-corrected chi connectivity index (χ2v) is 5.45. The van der Waals surface area contributed by atoms with Gasteiger partial charge in [-0.15, -0.1) is 0 Å². The number of rotatable bonds is 6. The normalized spacial score (nSPS) is 19.2. The van der Waals surface area contributed by atoms with Crippen molar-refractivity contribution >= 4 is 0 Å². The van der Waals surface area contributed by atoms with Crippen molar-refractivity contribution in [1.29, 1.82) is 0 Å². The topological polar surface area (TPSA) is 41.5 Å². The minimum absolute atomic E-state index is 0.158. The second kappa shape index (κ2) is 6.50. The zero-order valence-electron chi connectivity index (χ0n) is 11.6. The van der Waals surface area contributed by atoms with Crippen molar-refractivity contribution in [3.63, 3.8) is 0 Å². The van der Waals surface area contributed by atoms with Gasteiger partial charge in [0, 0.05) is 18.2 Å². The standard InChI is InChI=1S/C15H21F2NO2/c1-11(18-10-15(19)8-4-5-9-15)12-6-2-3-7-13(12)20-14(16)17/h2-3,6-7,11,14,18-19H,4-5,8-10H2,1H3. The van der Waals surface area contributed by atoms with Crippen LogP contribution in [0.2, 0.25) is 0 Å². The highest BCUT2D eigenvalue weighted by molar-refractivity contribution is 5.35. The van der Waals surface area contributed by atoms with Crippen LogP contribution in [0, 0.1) is 0 Å². The molecule has 5 heteroatoms. The maximum Gasteiger partial charge on any atom is 0.387 e. The van der Waals surface area contributed by atoms with E-state index in [1.165, 1.54) is 6.07 Å². The maximum atomic E-state index is 12.4. The Bertz CT molecular complexity index is 434. The molecular formula is C15H21F2NO2. The molecule has 20 heavy (non-hydrogen) atoms. The van der Waals surface area contributed by atoms with Gasteiger partial charge in [0.2, 0.25) is 0 Å². The summed E-state index contributed by atoms with van der Waals surface area (Å²) in [6.45, 7) is -0.481. The predicted molar refractivity (Wildman–Crippen MR) is 72.9 cm³/mol. The molecule has 0 heterocycles. The molecule has 1 aliphatic rings. The Morgan fingerprint density at radius 1 is 1.30 bits per heavy atom. The van der Waals surface area contributed by atoms with E-state index in [1.807, 2.05) is 6.92 Å². The smallest absolute Gasteiger partial charge is 0.387 e. The fourth-order valence-corrected chi connectivity index (χ4v) is 2.70. The van der Waals surface area contributed by atoms with Crippen LogP contribution in [0.3, 0.4) is 0 Å². The first-order chi connectivity index (χ1) is 9.50. The number of hydrogen-bond acceptors (Lipinski definition) is 3. The highest BCUT2D eigenvalue weighted by atomic mass is 19.3. The molecular weight excluding hydrogens is 264 g/mol. The molecule has 1 unspecified atom stereocenters. The third-order valence-corrected chi connectivity index (χ3v) is 3.87. The lowest BCUT2D eigenvalue weighted by atomic mass is 10.0. The highest BCUT2D eigenvalue weighted by Gasteiger charge is 2.31. The first-order valence-corrected chi connectivity index (χ1v) is 7.00. The van der Waals surface area contributed by atoms with E-state index in [0.717, 1.165) is 25.7 Å². The average molecular weight is 285 g/mol. The molecule has 1 saturated carbocycles. The molecule has 1 aromatic rings. The number of benzene rings is 1. The van der Waals surface area contributed by atoms with Gasteiger partial charge in [0.1, 0.15) is 5.75 Å². The quantitative estimate of drug-likeness (QED) is 0.843. The van der Waals surface area contributed by atoms with Gasteiger partial charge in [0.15, 0.2) is 0 Å². The number of hydrogen-bond donors (Lipinski definition) is 2. The lowest BCUT2D eigenvalue weighted by Gasteiger charge is -2.26. The first-order valence-electron chi connectivity index (χ1n) is 7.00. The minimum atomic E-state index is -2.83. The third kappa shape index (κ3) is 3.90. The Kier molecular flexibility index (Phi) is 4.94. The predicted octanol–water partition coefficient (Wildman–Crippen LogP) is 3.24. The minimum Gasteiger partial charge on any atom is -0.434 e. The lowest BCUT2D eigenvalue weighted by molar-refractivity contribution is -0.0507. The second-order valence-electron chi connectivity index (χ2n) is 5.45. The summed E-state index contributed by atoms with van der Waals surface area (Å²) in [6, 6.07) is 6.58. The van der Waals surface area contributed by atoms with Crippen LogP contribution in [0.4, 0.5) is 8.78 Å². The summed E-state index contributed by atoms with van der Waals surface area (Å²) in [7, 11) is 0. The maximum absolute atomic E-state index is 12.4. The summed E-state index contributed by atoms with van der Waals surface area (Å²) in [5.41, 5.74) is 0.0154. The molecule has 0 radical (unpaired) electrons. The molecule has 0 bridgehead atoms. The van der Waals surface area contributed by atoms with Crippen molar-refractivity contribution in [3.8, 4) is 5.75 Å². The monoisotopic (exact) mass is 285 g/mol. The van der Waals surface area contributed by atoms with E-state index >= 15 is 0 Å². The van der Waals surface area contributed by atoms with Gasteiger partial charge in [-0.3, -0.25) is 0 Å². The van der Waals surface area contributed by atoms with Crippen LogP contribution in [0.5, 0.6) is 5.75 Å². The van der Waals surface area contributed by atoms with Crippen LogP contribution < -0.4 is 10.1 Å².